The Morgan fingerprint density at radius 3 is 2.50 bits per heavy atom. The van der Waals surface area contributed by atoms with E-state index in [-0.39, 0.29) is 23.9 Å². The maximum Gasteiger partial charge on any atom is 0.236 e. The van der Waals surface area contributed by atoms with Crippen LogP contribution >= 0.6 is 11.6 Å². The molecular weight excluding hydrogens is 431 g/mol. The highest BCUT2D eigenvalue weighted by Gasteiger charge is 2.32. The molecule has 8 heteroatoms. The Bertz CT molecular complexity index is 759. The molecule has 3 aliphatic heterocycles. The second-order valence-electron chi connectivity index (χ2n) is 9.60. The van der Waals surface area contributed by atoms with E-state index in [0.717, 1.165) is 52.1 Å². The fourth-order valence-corrected chi connectivity index (χ4v) is 5.60. The Labute approximate surface area is 196 Å². The Hall–Kier alpha value is -1.25. The summed E-state index contributed by atoms with van der Waals surface area (Å²) in [5, 5.41) is 0.465. The van der Waals surface area contributed by atoms with Crippen molar-refractivity contribution in [2.45, 2.75) is 51.5 Å². The zero-order chi connectivity index (χ0) is 22.7. The number of halogens is 2. The maximum atomic E-state index is 14.1. The van der Waals surface area contributed by atoms with E-state index in [0.29, 0.717) is 42.8 Å². The first-order valence-electron chi connectivity index (χ1n) is 11.9. The molecule has 178 valence electrons. The molecule has 3 unspecified atom stereocenters. The number of carbonyl (C=O) groups excluding carboxylic acids is 1. The monoisotopic (exact) mass is 466 g/mol. The summed E-state index contributed by atoms with van der Waals surface area (Å²) in [6, 6.07) is 5.25. The third-order valence-corrected chi connectivity index (χ3v) is 7.32. The van der Waals surface area contributed by atoms with Gasteiger partial charge in [0.2, 0.25) is 5.91 Å². The number of carbonyl (C=O) groups is 1. The van der Waals surface area contributed by atoms with Crippen molar-refractivity contribution in [2.75, 3.05) is 58.9 Å². The lowest BCUT2D eigenvalue weighted by Crippen LogP contribution is -2.53. The van der Waals surface area contributed by atoms with Gasteiger partial charge in [0.05, 0.1) is 18.8 Å². The molecule has 3 atom stereocenters. The highest BCUT2D eigenvalue weighted by molar-refractivity contribution is 6.31. The van der Waals surface area contributed by atoms with Gasteiger partial charge in [-0.3, -0.25) is 19.5 Å². The molecule has 4 rings (SSSR count). The van der Waals surface area contributed by atoms with Gasteiger partial charge in [0.25, 0.3) is 0 Å². The molecule has 0 radical (unpaired) electrons. The Morgan fingerprint density at radius 1 is 1.09 bits per heavy atom. The summed E-state index contributed by atoms with van der Waals surface area (Å²) in [5.41, 5.74) is 0.542. The predicted molar refractivity (Wildman–Crippen MR) is 124 cm³/mol. The van der Waals surface area contributed by atoms with Crippen molar-refractivity contribution in [3.05, 3.63) is 34.6 Å². The molecule has 0 bridgehead atoms. The molecule has 0 aromatic heterocycles. The van der Waals surface area contributed by atoms with Gasteiger partial charge in [-0.15, -0.1) is 0 Å². The normalized spacial score (nSPS) is 28.4. The van der Waals surface area contributed by atoms with Gasteiger partial charge in [0.15, 0.2) is 0 Å². The second kappa shape index (κ2) is 10.8. The first kappa shape index (κ1) is 23.9. The Balaban J connectivity index is 1.24. The van der Waals surface area contributed by atoms with Crippen LogP contribution in [0.25, 0.3) is 0 Å². The van der Waals surface area contributed by atoms with E-state index < -0.39 is 0 Å². The molecule has 1 aromatic rings. The summed E-state index contributed by atoms with van der Waals surface area (Å²) in [5.74, 6) is -0.0516. The Kier molecular flexibility index (Phi) is 8.05. The molecule has 0 spiro atoms. The molecule has 3 heterocycles. The summed E-state index contributed by atoms with van der Waals surface area (Å²) < 4.78 is 20.0. The van der Waals surface area contributed by atoms with Crippen molar-refractivity contribution in [2.24, 2.45) is 0 Å². The number of nitrogens with zero attached hydrogens (tertiary/aromatic N) is 4. The third-order valence-electron chi connectivity index (χ3n) is 6.97. The third kappa shape index (κ3) is 6.00. The molecule has 32 heavy (non-hydrogen) atoms. The molecule has 1 amide bonds. The summed E-state index contributed by atoms with van der Waals surface area (Å²) in [6.45, 7) is 12.1. The number of rotatable bonds is 6. The van der Waals surface area contributed by atoms with Crippen molar-refractivity contribution in [1.29, 1.82) is 0 Å². The van der Waals surface area contributed by atoms with E-state index in [2.05, 4.69) is 28.5 Å². The van der Waals surface area contributed by atoms with Crippen molar-refractivity contribution < 1.29 is 13.9 Å². The molecule has 0 N–H and O–H groups in total. The van der Waals surface area contributed by atoms with Crippen LogP contribution in [0.15, 0.2) is 18.2 Å². The number of hydrogen-bond donors (Lipinski definition) is 0. The minimum Gasteiger partial charge on any atom is -0.373 e. The smallest absolute Gasteiger partial charge is 0.236 e. The summed E-state index contributed by atoms with van der Waals surface area (Å²) in [7, 11) is 0. The first-order chi connectivity index (χ1) is 15.4. The predicted octanol–water partition coefficient (Wildman–Crippen LogP) is 2.70. The van der Waals surface area contributed by atoms with Crippen molar-refractivity contribution in [3.8, 4) is 0 Å². The molecule has 6 nitrogen and oxygen atoms in total. The average molecular weight is 467 g/mol. The lowest BCUT2D eigenvalue weighted by atomic mass is 10.1. The van der Waals surface area contributed by atoms with E-state index >= 15 is 0 Å². The number of morpholine rings is 1. The molecule has 1 aromatic carbocycles. The van der Waals surface area contributed by atoms with E-state index in [4.69, 9.17) is 16.3 Å². The van der Waals surface area contributed by atoms with Gasteiger partial charge in [-0.2, -0.15) is 0 Å². The molecule has 3 aliphatic rings. The first-order valence-corrected chi connectivity index (χ1v) is 12.3. The van der Waals surface area contributed by atoms with E-state index in [1.165, 1.54) is 6.07 Å². The molecule has 0 aliphatic carbocycles. The van der Waals surface area contributed by atoms with Gasteiger partial charge in [0, 0.05) is 69.0 Å². The number of benzene rings is 1. The number of likely N-dealkylation sites (tertiary alicyclic amines) is 1. The molecular formula is C24H36ClFN4O2. The van der Waals surface area contributed by atoms with Crippen LogP contribution in [0.4, 0.5) is 4.39 Å². The van der Waals surface area contributed by atoms with Gasteiger partial charge < -0.3 is 9.64 Å². The van der Waals surface area contributed by atoms with Crippen LogP contribution in [0.1, 0.15) is 32.3 Å². The SMILES string of the molecule is CC1CN(CC2CCCN2CC(=O)N2CCN(Cc3c(F)cccc3Cl)CC2)CC(C)O1. The standard InChI is InChI=1S/C24H36ClFN4O2/c1-18-13-28(14-19(2)32-18)15-20-5-4-8-30(20)17-24(31)29-11-9-27(10-12-29)16-21-22(25)6-3-7-23(21)26/h3,6-7,18-20H,4-5,8-17H2,1-2H3. The van der Waals surface area contributed by atoms with E-state index in [9.17, 15) is 9.18 Å². The van der Waals surface area contributed by atoms with Crippen LogP contribution in [0, 0.1) is 5.82 Å². The maximum absolute atomic E-state index is 14.1. The average Bonchev–Trinajstić information content (AvgIpc) is 3.17. The summed E-state index contributed by atoms with van der Waals surface area (Å²) in [4.78, 5) is 22.0. The van der Waals surface area contributed by atoms with Crippen LogP contribution in [-0.4, -0.2) is 103 Å². The second-order valence-corrected chi connectivity index (χ2v) is 10.0. The zero-order valence-corrected chi connectivity index (χ0v) is 20.1. The topological polar surface area (TPSA) is 39.3 Å². The lowest BCUT2D eigenvalue weighted by molar-refractivity contribution is -0.134. The Morgan fingerprint density at radius 2 is 1.81 bits per heavy atom. The largest absolute Gasteiger partial charge is 0.373 e. The quantitative estimate of drug-likeness (QED) is 0.644. The lowest BCUT2D eigenvalue weighted by Gasteiger charge is -2.39. The van der Waals surface area contributed by atoms with Crippen LogP contribution in [0.2, 0.25) is 5.02 Å². The number of ether oxygens (including phenoxy) is 1. The van der Waals surface area contributed by atoms with E-state index in [1.54, 1.807) is 12.1 Å². The van der Waals surface area contributed by atoms with Crippen LogP contribution in [0.5, 0.6) is 0 Å². The van der Waals surface area contributed by atoms with Gasteiger partial charge in [-0.1, -0.05) is 17.7 Å². The van der Waals surface area contributed by atoms with Gasteiger partial charge >= 0.3 is 0 Å². The zero-order valence-electron chi connectivity index (χ0n) is 19.3. The fourth-order valence-electron chi connectivity index (χ4n) is 5.38. The van der Waals surface area contributed by atoms with Crippen LogP contribution in [-0.2, 0) is 16.1 Å². The van der Waals surface area contributed by atoms with Gasteiger partial charge in [-0.25, -0.2) is 4.39 Å². The summed E-state index contributed by atoms with van der Waals surface area (Å²) in [6.07, 6.45) is 2.85. The highest BCUT2D eigenvalue weighted by Crippen LogP contribution is 2.23. The molecule has 0 saturated carbocycles. The van der Waals surface area contributed by atoms with Crippen LogP contribution < -0.4 is 0 Å². The number of amides is 1. The van der Waals surface area contributed by atoms with Crippen molar-refractivity contribution in [1.82, 2.24) is 19.6 Å². The minimum atomic E-state index is -0.264. The number of piperazine rings is 1. The van der Waals surface area contributed by atoms with Crippen molar-refractivity contribution in [3.63, 3.8) is 0 Å². The van der Waals surface area contributed by atoms with Crippen molar-refractivity contribution >= 4 is 17.5 Å². The minimum absolute atomic E-state index is 0.212. The fraction of sp³-hybridized carbons (Fsp3) is 0.708. The van der Waals surface area contributed by atoms with Gasteiger partial charge in [0.1, 0.15) is 5.82 Å². The highest BCUT2D eigenvalue weighted by atomic mass is 35.5. The van der Waals surface area contributed by atoms with Crippen LogP contribution in [0.3, 0.4) is 0 Å². The summed E-state index contributed by atoms with van der Waals surface area (Å²) >= 11 is 6.18. The van der Waals surface area contributed by atoms with Gasteiger partial charge in [-0.05, 0) is 45.4 Å². The molecule has 3 saturated heterocycles. The van der Waals surface area contributed by atoms with E-state index in [1.807, 2.05) is 4.90 Å². The number of hydrogen-bond acceptors (Lipinski definition) is 5. The molecule has 3 fully saturated rings.